The highest BCUT2D eigenvalue weighted by molar-refractivity contribution is 5.90. The third-order valence-electron chi connectivity index (χ3n) is 5.73. The molecule has 0 aliphatic carbocycles. The molecular weight excluding hydrogens is 436 g/mol. The van der Waals surface area contributed by atoms with E-state index in [-0.39, 0.29) is 12.7 Å². The van der Waals surface area contributed by atoms with Gasteiger partial charge in [-0.25, -0.2) is 9.59 Å². The fourth-order valence-electron chi connectivity index (χ4n) is 3.92. The average Bonchev–Trinajstić information content (AvgIpc) is 3.58. The van der Waals surface area contributed by atoms with Crippen LogP contribution in [0.25, 0.3) is 0 Å². The first-order valence-corrected chi connectivity index (χ1v) is 11.1. The number of epoxide rings is 1. The van der Waals surface area contributed by atoms with E-state index in [1.54, 1.807) is 48.5 Å². The standard InChI is InChI=1S/C27H24O7/c28-25(19-12-6-2-7-13-19)31-17-21(32-26(29)20-14-8-3-9-15-20)22-23(24-27(33-22)34-24)30-16-18-10-4-1-5-11-18/h1-15,21-24,27H,16-17H2/t21-,22-,23+,24+,27-/m1/s1. The van der Waals surface area contributed by atoms with Crippen LogP contribution in [-0.4, -0.2) is 49.3 Å². The van der Waals surface area contributed by atoms with Crippen molar-refractivity contribution in [2.75, 3.05) is 6.61 Å². The smallest absolute Gasteiger partial charge is 0.338 e. The van der Waals surface area contributed by atoms with Crippen LogP contribution in [0.1, 0.15) is 26.3 Å². The fourth-order valence-corrected chi connectivity index (χ4v) is 3.92. The van der Waals surface area contributed by atoms with Crippen molar-refractivity contribution >= 4 is 11.9 Å². The van der Waals surface area contributed by atoms with Crippen LogP contribution in [0.4, 0.5) is 0 Å². The molecule has 3 aromatic carbocycles. The van der Waals surface area contributed by atoms with Crippen LogP contribution in [0.2, 0.25) is 0 Å². The van der Waals surface area contributed by atoms with E-state index in [1.165, 1.54) is 0 Å². The van der Waals surface area contributed by atoms with Crippen molar-refractivity contribution in [1.82, 2.24) is 0 Å². The van der Waals surface area contributed by atoms with Crippen LogP contribution in [0.5, 0.6) is 0 Å². The second kappa shape index (κ2) is 10.2. The molecule has 7 heteroatoms. The van der Waals surface area contributed by atoms with E-state index < -0.39 is 36.5 Å². The highest BCUT2D eigenvalue weighted by atomic mass is 16.8. The van der Waals surface area contributed by atoms with E-state index in [2.05, 4.69) is 0 Å². The molecule has 0 spiro atoms. The van der Waals surface area contributed by atoms with Crippen LogP contribution in [0.3, 0.4) is 0 Å². The van der Waals surface area contributed by atoms with Gasteiger partial charge in [0.1, 0.15) is 24.9 Å². The summed E-state index contributed by atoms with van der Waals surface area (Å²) in [6.07, 6.45) is -2.68. The van der Waals surface area contributed by atoms with Gasteiger partial charge in [-0.2, -0.15) is 0 Å². The summed E-state index contributed by atoms with van der Waals surface area (Å²) in [5.41, 5.74) is 1.80. The Morgan fingerprint density at radius 2 is 1.35 bits per heavy atom. The minimum Gasteiger partial charge on any atom is -0.458 e. The number of benzene rings is 3. The number of rotatable bonds is 9. The molecule has 2 heterocycles. The molecule has 2 aliphatic rings. The molecule has 0 bridgehead atoms. The van der Waals surface area contributed by atoms with Crippen LogP contribution in [0, 0.1) is 0 Å². The van der Waals surface area contributed by atoms with Gasteiger partial charge in [0, 0.05) is 0 Å². The predicted molar refractivity (Wildman–Crippen MR) is 121 cm³/mol. The Labute approximate surface area is 197 Å². The molecule has 5 rings (SSSR count). The van der Waals surface area contributed by atoms with Crippen molar-refractivity contribution in [2.24, 2.45) is 0 Å². The highest BCUT2D eigenvalue weighted by Crippen LogP contribution is 2.41. The average molecular weight is 460 g/mol. The van der Waals surface area contributed by atoms with Crippen molar-refractivity contribution in [3.8, 4) is 0 Å². The van der Waals surface area contributed by atoms with Crippen LogP contribution in [-0.2, 0) is 30.3 Å². The molecule has 0 unspecified atom stereocenters. The SMILES string of the molecule is O=C(OC[C@@H](OC(=O)c1ccccc1)[C@H]1O[C@@H]2O[C@H]2[C@H]1OCc1ccccc1)c1ccccc1. The molecule has 2 fully saturated rings. The number of hydrogen-bond acceptors (Lipinski definition) is 7. The molecule has 0 aromatic heterocycles. The number of ether oxygens (including phenoxy) is 5. The maximum atomic E-state index is 12.8. The minimum atomic E-state index is -0.877. The predicted octanol–water partition coefficient (Wildman–Crippen LogP) is 3.78. The summed E-state index contributed by atoms with van der Waals surface area (Å²) in [5, 5.41) is 0. The maximum absolute atomic E-state index is 12.8. The van der Waals surface area contributed by atoms with Gasteiger partial charge in [-0.3, -0.25) is 0 Å². The fraction of sp³-hybridized carbons (Fsp3) is 0.259. The number of carbonyl (C=O) groups is 2. The lowest BCUT2D eigenvalue weighted by Gasteiger charge is -2.29. The molecule has 2 saturated heterocycles. The Hall–Kier alpha value is -3.52. The summed E-state index contributed by atoms with van der Waals surface area (Å²) >= 11 is 0. The van der Waals surface area contributed by atoms with Gasteiger partial charge in [-0.1, -0.05) is 66.7 Å². The van der Waals surface area contributed by atoms with Gasteiger partial charge in [0.05, 0.1) is 17.7 Å². The van der Waals surface area contributed by atoms with Gasteiger partial charge in [0.25, 0.3) is 0 Å². The minimum absolute atomic E-state index is 0.179. The number of esters is 2. The summed E-state index contributed by atoms with van der Waals surface area (Å²) in [4.78, 5) is 25.3. The van der Waals surface area contributed by atoms with E-state index in [0.717, 1.165) is 5.56 Å². The molecule has 5 atom stereocenters. The van der Waals surface area contributed by atoms with Crippen molar-refractivity contribution in [3.05, 3.63) is 108 Å². The molecule has 174 valence electrons. The largest absolute Gasteiger partial charge is 0.458 e. The molecule has 0 N–H and O–H groups in total. The van der Waals surface area contributed by atoms with Crippen LogP contribution in [0.15, 0.2) is 91.0 Å². The van der Waals surface area contributed by atoms with Gasteiger partial charge in [0.15, 0.2) is 12.4 Å². The van der Waals surface area contributed by atoms with Gasteiger partial charge >= 0.3 is 11.9 Å². The Bertz CT molecular complexity index is 1100. The lowest BCUT2D eigenvalue weighted by Crippen LogP contribution is -2.45. The lowest BCUT2D eigenvalue weighted by atomic mass is 10.1. The van der Waals surface area contributed by atoms with E-state index in [9.17, 15) is 9.59 Å². The van der Waals surface area contributed by atoms with Crippen molar-refractivity contribution < 1.29 is 33.3 Å². The topological polar surface area (TPSA) is 83.6 Å². The Kier molecular flexibility index (Phi) is 6.67. The third-order valence-corrected chi connectivity index (χ3v) is 5.73. The maximum Gasteiger partial charge on any atom is 0.338 e. The highest BCUT2D eigenvalue weighted by Gasteiger charge is 2.61. The van der Waals surface area contributed by atoms with Crippen molar-refractivity contribution in [2.45, 2.75) is 37.3 Å². The van der Waals surface area contributed by atoms with Gasteiger partial charge in [-0.15, -0.1) is 0 Å². The van der Waals surface area contributed by atoms with Crippen LogP contribution >= 0.6 is 0 Å². The second-order valence-electron chi connectivity index (χ2n) is 8.11. The molecule has 2 aliphatic heterocycles. The van der Waals surface area contributed by atoms with E-state index >= 15 is 0 Å². The van der Waals surface area contributed by atoms with Gasteiger partial charge in [0.2, 0.25) is 0 Å². The summed E-state index contributed by atoms with van der Waals surface area (Å²) < 4.78 is 28.9. The first kappa shape index (κ1) is 22.3. The Balaban J connectivity index is 1.31. The Morgan fingerprint density at radius 1 is 0.765 bits per heavy atom. The summed E-state index contributed by atoms with van der Waals surface area (Å²) in [6.45, 7) is 0.169. The molecular formula is C27H24O7. The van der Waals surface area contributed by atoms with E-state index in [4.69, 9.17) is 23.7 Å². The zero-order valence-corrected chi connectivity index (χ0v) is 18.3. The monoisotopic (exact) mass is 460 g/mol. The zero-order valence-electron chi connectivity index (χ0n) is 18.3. The summed E-state index contributed by atoms with van der Waals surface area (Å²) in [5.74, 6) is -1.05. The van der Waals surface area contributed by atoms with Crippen LogP contribution < -0.4 is 0 Å². The molecule has 34 heavy (non-hydrogen) atoms. The first-order chi connectivity index (χ1) is 16.7. The third kappa shape index (κ3) is 5.17. The van der Waals surface area contributed by atoms with Gasteiger partial charge < -0.3 is 23.7 Å². The second-order valence-corrected chi connectivity index (χ2v) is 8.11. The number of carbonyl (C=O) groups excluding carboxylic acids is 2. The molecule has 7 nitrogen and oxygen atoms in total. The lowest BCUT2D eigenvalue weighted by molar-refractivity contribution is -0.149. The number of fused-ring (bicyclic) bond motifs is 1. The zero-order chi connectivity index (χ0) is 23.3. The van der Waals surface area contributed by atoms with E-state index in [1.807, 2.05) is 42.5 Å². The quantitative estimate of drug-likeness (QED) is 0.355. The van der Waals surface area contributed by atoms with Gasteiger partial charge in [-0.05, 0) is 29.8 Å². The molecule has 0 radical (unpaired) electrons. The van der Waals surface area contributed by atoms with Crippen molar-refractivity contribution in [3.63, 3.8) is 0 Å². The summed E-state index contributed by atoms with van der Waals surface area (Å²) in [7, 11) is 0. The normalized spacial score (nSPS) is 23.5. The molecule has 0 amide bonds. The molecule has 0 saturated carbocycles. The first-order valence-electron chi connectivity index (χ1n) is 11.1. The Morgan fingerprint density at radius 3 is 2.00 bits per heavy atom. The van der Waals surface area contributed by atoms with Crippen molar-refractivity contribution in [1.29, 1.82) is 0 Å². The molecule has 3 aromatic rings. The van der Waals surface area contributed by atoms with E-state index in [0.29, 0.717) is 17.7 Å². The summed E-state index contributed by atoms with van der Waals surface area (Å²) in [6, 6.07) is 27.0. The number of hydrogen-bond donors (Lipinski definition) is 0.